The summed E-state index contributed by atoms with van der Waals surface area (Å²) < 4.78 is 2.00. The Kier molecular flexibility index (Phi) is 12.5. The number of aryl methyl sites for hydroxylation is 1. The van der Waals surface area contributed by atoms with Crippen LogP contribution < -0.4 is 56.2 Å². The number of quaternary nitrogens is 1. The van der Waals surface area contributed by atoms with Gasteiger partial charge in [-0.15, -0.1) is 23.1 Å². The number of Topliss-reactive ketones (excluding diaryl/α,β-unsaturated/α-hetero) is 1. The van der Waals surface area contributed by atoms with Crippen molar-refractivity contribution in [1.82, 2.24) is 19.8 Å². The largest absolute Gasteiger partial charge is 1.00 e. The number of amides is 2. The first-order chi connectivity index (χ1) is 27.6. The van der Waals surface area contributed by atoms with Gasteiger partial charge in [0.15, 0.2) is 33.7 Å². The van der Waals surface area contributed by atoms with Crippen molar-refractivity contribution in [3.8, 4) is 11.5 Å². The van der Waals surface area contributed by atoms with Crippen LogP contribution in [0.4, 0.5) is 5.13 Å². The van der Waals surface area contributed by atoms with Crippen LogP contribution in [0, 0.1) is 5.92 Å². The number of nitrogen functional groups attached to an aromatic ring is 1. The van der Waals surface area contributed by atoms with Crippen LogP contribution in [0.15, 0.2) is 38.9 Å². The Hall–Kier alpha value is -4.18. The van der Waals surface area contributed by atoms with E-state index in [1.807, 2.05) is 6.92 Å². The molecule has 314 valence electrons. The fraction of sp³-hybridized carbons (Fsp3) is 0.474. The second-order valence-corrected chi connectivity index (χ2v) is 18.9. The van der Waals surface area contributed by atoms with Crippen molar-refractivity contribution in [3.63, 3.8) is 0 Å². The monoisotopic (exact) mass is 893 g/mol. The Bertz CT molecular complexity index is 2460. The molecule has 60 heavy (non-hydrogen) atoms. The number of nitrogens with two attached hydrogens (primary N) is 1. The number of piperidine rings is 1. The van der Waals surface area contributed by atoms with E-state index in [1.165, 1.54) is 47.8 Å². The molecular weight excluding hydrogens is 853 g/mol. The number of anilines is 1. The molecule has 2 unspecified atom stereocenters. The Morgan fingerprint density at radius 1 is 1.17 bits per heavy atom. The number of hydrogen-bond donors (Lipinski definition) is 4. The number of aromatic nitrogens is 2. The quantitative estimate of drug-likeness (QED) is 0.0275. The van der Waals surface area contributed by atoms with Gasteiger partial charge in [-0.3, -0.25) is 24.1 Å². The zero-order valence-electron chi connectivity index (χ0n) is 33.5. The molecule has 22 heteroatoms. The fourth-order valence-electron chi connectivity index (χ4n) is 8.84. The van der Waals surface area contributed by atoms with Gasteiger partial charge in [0.05, 0.1) is 58.3 Å². The third-order valence-corrected chi connectivity index (χ3v) is 14.6. The third-order valence-electron chi connectivity index (χ3n) is 12.1. The van der Waals surface area contributed by atoms with E-state index in [0.717, 1.165) is 29.1 Å². The first-order valence-corrected chi connectivity index (χ1v) is 20.9. The number of aliphatic carboxylic acids is 2. The summed E-state index contributed by atoms with van der Waals surface area (Å²) in [6, 6.07) is 0.128. The molecule has 6 heterocycles. The number of aromatic hydroxyl groups is 2. The molecule has 3 fully saturated rings. The summed E-state index contributed by atoms with van der Waals surface area (Å²) in [7, 11) is 3.66. The number of fused-ring (bicyclic) bond motifs is 4. The van der Waals surface area contributed by atoms with Crippen LogP contribution >= 0.6 is 34.7 Å². The zero-order chi connectivity index (χ0) is 43.0. The Morgan fingerprint density at radius 3 is 2.40 bits per heavy atom. The molecule has 7 atom stereocenters. The van der Waals surface area contributed by atoms with Crippen molar-refractivity contribution in [2.45, 2.75) is 87.2 Å². The summed E-state index contributed by atoms with van der Waals surface area (Å²) in [5.41, 5.74) is 3.15. The zero-order valence-corrected chi connectivity index (χ0v) is 37.9. The van der Waals surface area contributed by atoms with Gasteiger partial charge < -0.3 is 55.0 Å². The predicted octanol–water partition coefficient (Wildman–Crippen LogP) is -2.65. The number of benzene rings is 1. The summed E-state index contributed by atoms with van der Waals surface area (Å²) in [6.45, 7) is 4.47. The normalized spacial score (nSPS) is 26.3. The van der Waals surface area contributed by atoms with Crippen molar-refractivity contribution in [1.29, 1.82) is 0 Å². The molecule has 18 nitrogen and oxygen atoms in total. The maximum absolute atomic E-state index is 13.7. The maximum atomic E-state index is 13.7. The molecule has 0 spiro atoms. The molecule has 4 aliphatic rings. The number of phenolic OH excluding ortho intramolecular Hbond substituents is 2. The summed E-state index contributed by atoms with van der Waals surface area (Å²) in [5, 5.41) is 50.7. The number of carbonyl (C=O) groups is 5. The molecule has 2 bridgehead atoms. The number of hydrogen-bond acceptors (Lipinski definition) is 16. The number of carboxylic acids is 2. The number of oxime groups is 1. The number of likely N-dealkylation sites (N-methyl/N-ethyl adjacent to an activating group) is 1. The molecular formula is C38H41ClN7NaO11S2. The van der Waals surface area contributed by atoms with E-state index in [9.17, 15) is 49.2 Å². The number of β-lactam (4-membered cyclic amide) rings is 1. The number of halogens is 1. The third kappa shape index (κ3) is 7.79. The van der Waals surface area contributed by atoms with E-state index in [2.05, 4.69) is 22.5 Å². The Balaban J connectivity index is 0.00000604. The smallest absolute Gasteiger partial charge is 0.546 e. The number of thiazole rings is 1. The van der Waals surface area contributed by atoms with Crippen LogP contribution in [-0.2, 0) is 31.1 Å². The number of carbonyl (C=O) groups excluding carboxylic acids is 5. The van der Waals surface area contributed by atoms with Crippen LogP contribution in [0.3, 0.4) is 0 Å². The molecule has 5 N–H and O–H groups in total. The molecule has 0 radical (unpaired) electrons. The standard InChI is InChI=1S/C38H42ClN7O11S2.Na/c1-15-20(29(35(53)54)45-33(52)28(34(45)59-15)42-32(51)27(21-14-58-37(40)41-21)43-57-38(2,3)36(55)56)13-46(5)17-6-7-18(46)9-16(8-17)10-23(47)19-12-44(4)22-11-24(48)31(50)26(39)25(22)30(19)49;/h11-12,14-18,28,34H,6-10,13H2,1-5H3,(H6-,40,41,42,43,48,49,50,51,53,54,55,56);/q;+1/p-1/t15-,16?,17-,18+,28+,34+,46?;/m0./s1. The van der Waals surface area contributed by atoms with Gasteiger partial charge in [0.2, 0.25) is 5.43 Å². The van der Waals surface area contributed by atoms with Gasteiger partial charge in [-0.2, -0.15) is 0 Å². The van der Waals surface area contributed by atoms with Crippen molar-refractivity contribution in [2.24, 2.45) is 18.1 Å². The topological polar surface area (TPSA) is 270 Å². The average molecular weight is 894 g/mol. The van der Waals surface area contributed by atoms with Crippen molar-refractivity contribution >= 4 is 86.0 Å². The van der Waals surface area contributed by atoms with E-state index in [0.29, 0.717) is 29.4 Å². The van der Waals surface area contributed by atoms with Crippen LogP contribution in [0.2, 0.25) is 5.02 Å². The molecule has 2 aromatic heterocycles. The van der Waals surface area contributed by atoms with Crippen LogP contribution in [0.5, 0.6) is 11.5 Å². The van der Waals surface area contributed by atoms with Gasteiger partial charge in [0, 0.05) is 67.6 Å². The van der Waals surface area contributed by atoms with Gasteiger partial charge in [0.25, 0.3) is 11.8 Å². The second kappa shape index (κ2) is 16.6. The summed E-state index contributed by atoms with van der Waals surface area (Å²) in [6.07, 6.45) is 4.43. The van der Waals surface area contributed by atoms with E-state index in [1.54, 1.807) is 7.05 Å². The van der Waals surface area contributed by atoms with E-state index < -0.39 is 68.7 Å². The van der Waals surface area contributed by atoms with E-state index in [4.69, 9.17) is 22.2 Å². The van der Waals surface area contributed by atoms with Crippen LogP contribution in [0.25, 0.3) is 10.9 Å². The van der Waals surface area contributed by atoms with E-state index >= 15 is 0 Å². The van der Waals surface area contributed by atoms with Gasteiger partial charge in [0.1, 0.15) is 23.7 Å². The van der Waals surface area contributed by atoms with Gasteiger partial charge in [-0.1, -0.05) is 16.8 Å². The fourth-order valence-corrected chi connectivity index (χ4v) is 11.1. The molecule has 0 aliphatic carbocycles. The number of carboxylic acid groups (broad SMARTS) is 2. The van der Waals surface area contributed by atoms with Gasteiger partial charge >= 0.3 is 29.6 Å². The van der Waals surface area contributed by atoms with Crippen molar-refractivity contribution < 1.29 is 83.3 Å². The summed E-state index contributed by atoms with van der Waals surface area (Å²) in [4.78, 5) is 89.1. The minimum absolute atomic E-state index is 0. The van der Waals surface area contributed by atoms with Crippen molar-refractivity contribution in [2.75, 3.05) is 19.3 Å². The first-order valence-electron chi connectivity index (χ1n) is 18.7. The SMILES string of the molecule is C[C@@H]1S[C@@H]2[C@H](NC(=O)/C(=N\OC(C)(C)C(=O)[O-])c3csc(N)n3)C(=O)N2C(C(=O)[O-])=C1C[N+]1(C)[C@@H]2CC[C@H]1CC(CC(=O)c1cn(C)c3cc(O)c(O)c(Cl)c3c1=O)C2.[Na+]. The molecule has 4 aliphatic heterocycles. The molecule has 3 aromatic rings. The number of rotatable bonds is 12. The number of ketones is 1. The number of nitrogens with one attached hydrogen (secondary N) is 1. The summed E-state index contributed by atoms with van der Waals surface area (Å²) in [5.74, 6) is -6.33. The van der Waals surface area contributed by atoms with Crippen LogP contribution in [0.1, 0.15) is 68.9 Å². The minimum atomic E-state index is -1.92. The molecule has 3 saturated heterocycles. The summed E-state index contributed by atoms with van der Waals surface area (Å²) >= 11 is 8.54. The second-order valence-electron chi connectivity index (χ2n) is 16.2. The molecule has 1 aromatic carbocycles. The maximum Gasteiger partial charge on any atom is 1.00 e. The Morgan fingerprint density at radius 2 is 1.82 bits per heavy atom. The Labute approximate surface area is 378 Å². The van der Waals surface area contributed by atoms with Crippen molar-refractivity contribution in [3.05, 3.63) is 55.4 Å². The van der Waals surface area contributed by atoms with Crippen LogP contribution in [-0.4, -0.2) is 112 Å². The minimum Gasteiger partial charge on any atom is -0.546 e. The number of nitrogens with zero attached hydrogens (tertiary/aromatic N) is 5. The molecule has 7 rings (SSSR count). The molecule has 2 amide bonds. The number of thioether (sulfide) groups is 1. The number of pyridine rings is 1. The first kappa shape index (κ1) is 45.3. The average Bonchev–Trinajstić information content (AvgIpc) is 3.63. The van der Waals surface area contributed by atoms with Gasteiger partial charge in [-0.25, -0.2) is 4.98 Å². The molecule has 0 saturated carbocycles. The number of phenols is 2. The van der Waals surface area contributed by atoms with Gasteiger partial charge in [-0.05, 0) is 26.7 Å². The predicted molar refractivity (Wildman–Crippen MR) is 212 cm³/mol. The van der Waals surface area contributed by atoms with E-state index in [-0.39, 0.29) is 97.8 Å².